The Morgan fingerprint density at radius 1 is 1.09 bits per heavy atom. The molecule has 1 amide bonds. The Morgan fingerprint density at radius 2 is 1.91 bits per heavy atom. The zero-order valence-corrected chi connectivity index (χ0v) is 17.6. The maximum atomic E-state index is 12.3. The Morgan fingerprint density at radius 3 is 2.72 bits per heavy atom. The monoisotopic (exact) mass is 446 g/mol. The van der Waals surface area contributed by atoms with Crippen molar-refractivity contribution in [3.05, 3.63) is 101 Å². The minimum absolute atomic E-state index is 0.162. The Balaban J connectivity index is 1.39. The molecule has 1 aromatic heterocycles. The standard InChI is InChI=1S/C24H19ClN4O3/c25-21-7-2-1-4-18(21)15-32-20-6-3-5-17(12-20)22-13-23(28-27-22)24(31)29-26-14-16-8-10-19(30)11-9-16/h1-14,30H,15H2,(H,27,28)(H,29,31). The van der Waals surface area contributed by atoms with Crippen molar-refractivity contribution in [3.8, 4) is 22.8 Å². The van der Waals surface area contributed by atoms with E-state index in [1.165, 1.54) is 18.3 Å². The van der Waals surface area contributed by atoms with Crippen LogP contribution in [0.25, 0.3) is 11.3 Å². The van der Waals surface area contributed by atoms with Crippen LogP contribution in [0.2, 0.25) is 5.02 Å². The smallest absolute Gasteiger partial charge is 0.289 e. The molecule has 1 heterocycles. The van der Waals surface area contributed by atoms with Gasteiger partial charge in [-0.05, 0) is 54.1 Å². The molecule has 160 valence electrons. The molecule has 0 atom stereocenters. The number of ether oxygens (including phenoxy) is 1. The number of aromatic amines is 1. The van der Waals surface area contributed by atoms with Crippen LogP contribution in [0.1, 0.15) is 21.6 Å². The number of nitrogens with zero attached hydrogens (tertiary/aromatic N) is 2. The van der Waals surface area contributed by atoms with Gasteiger partial charge in [0.15, 0.2) is 0 Å². The van der Waals surface area contributed by atoms with Crippen LogP contribution in [0.3, 0.4) is 0 Å². The summed E-state index contributed by atoms with van der Waals surface area (Å²) < 4.78 is 5.86. The first-order valence-electron chi connectivity index (χ1n) is 9.73. The van der Waals surface area contributed by atoms with Crippen molar-refractivity contribution in [3.63, 3.8) is 0 Å². The van der Waals surface area contributed by atoms with E-state index in [1.54, 1.807) is 18.2 Å². The number of carbonyl (C=O) groups is 1. The summed E-state index contributed by atoms with van der Waals surface area (Å²) in [5.74, 6) is 0.398. The average molecular weight is 447 g/mol. The molecule has 4 aromatic rings. The van der Waals surface area contributed by atoms with E-state index in [0.717, 1.165) is 16.7 Å². The van der Waals surface area contributed by atoms with Gasteiger partial charge in [-0.3, -0.25) is 9.89 Å². The number of hydrazone groups is 1. The quantitative estimate of drug-likeness (QED) is 0.281. The highest BCUT2D eigenvalue weighted by Crippen LogP contribution is 2.24. The van der Waals surface area contributed by atoms with Gasteiger partial charge in [0, 0.05) is 16.1 Å². The normalized spacial score (nSPS) is 10.9. The molecule has 3 aromatic carbocycles. The fourth-order valence-electron chi connectivity index (χ4n) is 2.89. The van der Waals surface area contributed by atoms with Crippen LogP contribution < -0.4 is 10.2 Å². The van der Waals surface area contributed by atoms with Crippen molar-refractivity contribution in [1.29, 1.82) is 0 Å². The minimum Gasteiger partial charge on any atom is -0.508 e. The predicted octanol–water partition coefficient (Wildman–Crippen LogP) is 4.78. The summed E-state index contributed by atoms with van der Waals surface area (Å²) >= 11 is 6.18. The number of halogens is 1. The number of H-pyrrole nitrogens is 1. The number of carbonyl (C=O) groups excluding carboxylic acids is 1. The van der Waals surface area contributed by atoms with E-state index >= 15 is 0 Å². The van der Waals surface area contributed by atoms with Gasteiger partial charge in [0.05, 0.1) is 11.9 Å². The van der Waals surface area contributed by atoms with Gasteiger partial charge in [0.1, 0.15) is 23.8 Å². The molecule has 0 saturated heterocycles. The summed E-state index contributed by atoms with van der Waals surface area (Å²) in [4.78, 5) is 12.3. The second kappa shape index (κ2) is 9.80. The second-order valence-corrected chi connectivity index (χ2v) is 7.27. The Labute approximate surface area is 189 Å². The second-order valence-electron chi connectivity index (χ2n) is 6.87. The van der Waals surface area contributed by atoms with E-state index < -0.39 is 5.91 Å². The summed E-state index contributed by atoms with van der Waals surface area (Å²) in [7, 11) is 0. The van der Waals surface area contributed by atoms with Crippen LogP contribution in [0.4, 0.5) is 0 Å². The molecule has 32 heavy (non-hydrogen) atoms. The van der Waals surface area contributed by atoms with Gasteiger partial charge in [-0.25, -0.2) is 5.43 Å². The lowest BCUT2D eigenvalue weighted by molar-refractivity contribution is 0.0950. The molecule has 0 saturated carbocycles. The van der Waals surface area contributed by atoms with Crippen LogP contribution in [-0.2, 0) is 6.61 Å². The average Bonchev–Trinajstić information content (AvgIpc) is 3.31. The number of hydrogen-bond acceptors (Lipinski definition) is 5. The van der Waals surface area contributed by atoms with Crippen LogP contribution in [-0.4, -0.2) is 27.4 Å². The van der Waals surface area contributed by atoms with E-state index in [4.69, 9.17) is 16.3 Å². The Hall–Kier alpha value is -4.10. The third-order valence-corrected chi connectivity index (χ3v) is 4.95. The highest BCUT2D eigenvalue weighted by Gasteiger charge is 2.11. The molecule has 0 aliphatic rings. The Kier molecular flexibility index (Phi) is 6.48. The largest absolute Gasteiger partial charge is 0.508 e. The number of rotatable bonds is 7. The third-order valence-electron chi connectivity index (χ3n) is 4.58. The Bertz CT molecular complexity index is 1250. The van der Waals surface area contributed by atoms with Crippen molar-refractivity contribution in [2.24, 2.45) is 5.10 Å². The van der Waals surface area contributed by atoms with E-state index in [9.17, 15) is 9.90 Å². The number of benzene rings is 3. The van der Waals surface area contributed by atoms with E-state index in [2.05, 4.69) is 20.7 Å². The fraction of sp³-hybridized carbons (Fsp3) is 0.0417. The molecule has 0 fully saturated rings. The third kappa shape index (κ3) is 5.33. The maximum absolute atomic E-state index is 12.3. The highest BCUT2D eigenvalue weighted by molar-refractivity contribution is 6.31. The molecule has 7 nitrogen and oxygen atoms in total. The molecule has 0 aliphatic carbocycles. The molecule has 0 bridgehead atoms. The van der Waals surface area contributed by atoms with Gasteiger partial charge in [0.2, 0.25) is 0 Å². The zero-order chi connectivity index (χ0) is 22.3. The summed E-state index contributed by atoms with van der Waals surface area (Å²) in [6.07, 6.45) is 1.48. The van der Waals surface area contributed by atoms with Crippen LogP contribution in [0.5, 0.6) is 11.5 Å². The van der Waals surface area contributed by atoms with E-state index in [0.29, 0.717) is 23.1 Å². The summed E-state index contributed by atoms with van der Waals surface area (Å²) in [5, 5.41) is 20.8. The van der Waals surface area contributed by atoms with Gasteiger partial charge in [-0.1, -0.05) is 41.9 Å². The van der Waals surface area contributed by atoms with E-state index in [1.807, 2.05) is 48.5 Å². The molecule has 4 rings (SSSR count). The number of phenolic OH excluding ortho intramolecular Hbond substituents is 1. The lowest BCUT2D eigenvalue weighted by atomic mass is 10.1. The first kappa shape index (κ1) is 21.1. The zero-order valence-electron chi connectivity index (χ0n) is 16.8. The molecule has 0 unspecified atom stereocenters. The molecular formula is C24H19ClN4O3. The van der Waals surface area contributed by atoms with E-state index in [-0.39, 0.29) is 11.4 Å². The van der Waals surface area contributed by atoms with Crippen molar-refractivity contribution >= 4 is 23.7 Å². The molecule has 8 heteroatoms. The first-order valence-corrected chi connectivity index (χ1v) is 10.1. The predicted molar refractivity (Wildman–Crippen MR) is 123 cm³/mol. The maximum Gasteiger partial charge on any atom is 0.289 e. The van der Waals surface area contributed by atoms with Gasteiger partial charge in [-0.15, -0.1) is 0 Å². The van der Waals surface area contributed by atoms with Gasteiger partial charge in [0.25, 0.3) is 5.91 Å². The summed E-state index contributed by atoms with van der Waals surface area (Å²) in [6.45, 7) is 0.344. The van der Waals surface area contributed by atoms with Gasteiger partial charge in [-0.2, -0.15) is 10.2 Å². The van der Waals surface area contributed by atoms with Crippen molar-refractivity contribution in [2.45, 2.75) is 6.61 Å². The summed E-state index contributed by atoms with van der Waals surface area (Å²) in [5.41, 5.74) is 5.74. The fourth-order valence-corrected chi connectivity index (χ4v) is 3.08. The van der Waals surface area contributed by atoms with Crippen molar-refractivity contribution in [2.75, 3.05) is 0 Å². The number of amides is 1. The lowest BCUT2D eigenvalue weighted by Crippen LogP contribution is -2.17. The van der Waals surface area contributed by atoms with Crippen molar-refractivity contribution < 1.29 is 14.6 Å². The molecule has 0 radical (unpaired) electrons. The van der Waals surface area contributed by atoms with Gasteiger partial charge >= 0.3 is 0 Å². The molecule has 0 spiro atoms. The number of aromatic nitrogens is 2. The number of nitrogens with one attached hydrogen (secondary N) is 2. The first-order chi connectivity index (χ1) is 15.6. The molecule has 0 aliphatic heterocycles. The topological polar surface area (TPSA) is 99.6 Å². The van der Waals surface area contributed by atoms with Crippen LogP contribution in [0, 0.1) is 0 Å². The number of phenols is 1. The van der Waals surface area contributed by atoms with Gasteiger partial charge < -0.3 is 9.84 Å². The minimum atomic E-state index is -0.426. The lowest BCUT2D eigenvalue weighted by Gasteiger charge is -2.08. The highest BCUT2D eigenvalue weighted by atomic mass is 35.5. The molecule has 3 N–H and O–H groups in total. The number of aromatic hydroxyl groups is 1. The molecular weight excluding hydrogens is 428 g/mol. The van der Waals surface area contributed by atoms with Crippen LogP contribution in [0.15, 0.2) is 84.0 Å². The van der Waals surface area contributed by atoms with Crippen molar-refractivity contribution in [1.82, 2.24) is 15.6 Å². The SMILES string of the molecule is O=C(NN=Cc1ccc(O)cc1)c1cc(-c2cccc(OCc3ccccc3Cl)c2)n[nH]1. The summed E-state index contributed by atoms with van der Waals surface area (Å²) in [6, 6.07) is 23.0. The van der Waals surface area contributed by atoms with Crippen LogP contribution >= 0.6 is 11.6 Å². The number of hydrogen-bond donors (Lipinski definition) is 3.